The molecule has 0 spiro atoms. The molecule has 0 aliphatic carbocycles. The summed E-state index contributed by atoms with van der Waals surface area (Å²) in [6.45, 7) is 3.92. The first-order valence-corrected chi connectivity index (χ1v) is 7.91. The maximum absolute atomic E-state index is 12.0. The Bertz CT molecular complexity index is 839. The molecule has 0 atom stereocenters. The summed E-state index contributed by atoms with van der Waals surface area (Å²) in [5.74, 6) is -0.590. The molecule has 8 heteroatoms. The van der Waals surface area contributed by atoms with Crippen LogP contribution < -0.4 is 0 Å². The van der Waals surface area contributed by atoms with E-state index in [0.717, 1.165) is 16.8 Å². The molecule has 2 rings (SSSR count). The summed E-state index contributed by atoms with van der Waals surface area (Å²) in [6.07, 6.45) is 3.40. The fraction of sp³-hybridized carbons (Fsp3) is 0.333. The number of aromatic nitrogens is 2. The Morgan fingerprint density at radius 1 is 1.27 bits per heavy atom. The van der Waals surface area contributed by atoms with Gasteiger partial charge in [-0.05, 0) is 19.4 Å². The van der Waals surface area contributed by atoms with Crippen LogP contribution in [0, 0.1) is 6.92 Å². The molecule has 8 nitrogen and oxygen atoms in total. The van der Waals surface area contributed by atoms with Crippen molar-refractivity contribution in [1.82, 2.24) is 9.55 Å². The molecule has 0 saturated heterocycles. The minimum atomic E-state index is -0.590. The van der Waals surface area contributed by atoms with E-state index in [-0.39, 0.29) is 12.3 Å². The molecule has 138 valence electrons. The third kappa shape index (κ3) is 4.27. The SMILES string of the molecule is CO/N=C(/C(=O)OC)c1cccc(C)c1CO/N=C(\C)c1cncn1C. The zero-order valence-electron chi connectivity index (χ0n) is 15.5. The molecule has 0 aliphatic heterocycles. The first-order chi connectivity index (χ1) is 12.5. The molecule has 0 aliphatic rings. The van der Waals surface area contributed by atoms with Crippen molar-refractivity contribution >= 4 is 17.4 Å². The van der Waals surface area contributed by atoms with E-state index in [9.17, 15) is 4.79 Å². The zero-order valence-corrected chi connectivity index (χ0v) is 15.5. The predicted molar refractivity (Wildman–Crippen MR) is 96.9 cm³/mol. The van der Waals surface area contributed by atoms with Gasteiger partial charge in [0.1, 0.15) is 19.4 Å². The molecule has 0 radical (unpaired) electrons. The lowest BCUT2D eigenvalue weighted by atomic mass is 9.99. The van der Waals surface area contributed by atoms with E-state index >= 15 is 0 Å². The lowest BCUT2D eigenvalue weighted by Gasteiger charge is -2.12. The van der Waals surface area contributed by atoms with E-state index in [1.807, 2.05) is 37.6 Å². The van der Waals surface area contributed by atoms with E-state index in [2.05, 4.69) is 15.3 Å². The number of benzene rings is 1. The normalized spacial score (nSPS) is 12.0. The molecule has 0 unspecified atom stereocenters. The number of nitrogens with zero attached hydrogens (tertiary/aromatic N) is 4. The van der Waals surface area contributed by atoms with Crippen LogP contribution in [0.15, 0.2) is 41.0 Å². The summed E-state index contributed by atoms with van der Waals surface area (Å²) in [6, 6.07) is 5.51. The van der Waals surface area contributed by atoms with Gasteiger partial charge in [0.05, 0.1) is 25.3 Å². The Hall–Kier alpha value is -3.16. The first-order valence-electron chi connectivity index (χ1n) is 7.91. The first kappa shape index (κ1) is 19.2. The van der Waals surface area contributed by atoms with Gasteiger partial charge in [-0.25, -0.2) is 9.78 Å². The van der Waals surface area contributed by atoms with Crippen molar-refractivity contribution in [3.8, 4) is 0 Å². The molecule has 2 aromatic rings. The number of methoxy groups -OCH3 is 1. The van der Waals surface area contributed by atoms with Crippen molar-refractivity contribution in [3.63, 3.8) is 0 Å². The number of oxime groups is 2. The molecule has 1 heterocycles. The maximum Gasteiger partial charge on any atom is 0.360 e. The van der Waals surface area contributed by atoms with Gasteiger partial charge in [-0.2, -0.15) is 0 Å². The van der Waals surface area contributed by atoms with Crippen molar-refractivity contribution < 1.29 is 19.2 Å². The molecule has 0 N–H and O–H groups in total. The van der Waals surface area contributed by atoms with Gasteiger partial charge in [-0.3, -0.25) is 0 Å². The number of carbonyl (C=O) groups excluding carboxylic acids is 1. The fourth-order valence-electron chi connectivity index (χ4n) is 2.45. The van der Waals surface area contributed by atoms with Crippen molar-refractivity contribution in [2.45, 2.75) is 20.5 Å². The highest BCUT2D eigenvalue weighted by Crippen LogP contribution is 2.18. The summed E-state index contributed by atoms with van der Waals surface area (Å²) < 4.78 is 6.64. The largest absolute Gasteiger partial charge is 0.464 e. The fourth-order valence-corrected chi connectivity index (χ4v) is 2.45. The molecule has 26 heavy (non-hydrogen) atoms. The monoisotopic (exact) mass is 358 g/mol. The molecular weight excluding hydrogens is 336 g/mol. The highest BCUT2D eigenvalue weighted by Gasteiger charge is 2.20. The van der Waals surface area contributed by atoms with Crippen molar-refractivity contribution in [1.29, 1.82) is 0 Å². The maximum atomic E-state index is 12.0. The van der Waals surface area contributed by atoms with Crippen LogP contribution in [-0.2, 0) is 32.9 Å². The van der Waals surface area contributed by atoms with E-state index in [4.69, 9.17) is 14.4 Å². The Morgan fingerprint density at radius 2 is 2.04 bits per heavy atom. The van der Waals surface area contributed by atoms with Crippen LogP contribution in [0.3, 0.4) is 0 Å². The smallest absolute Gasteiger partial charge is 0.360 e. The third-order valence-electron chi connectivity index (χ3n) is 3.82. The van der Waals surface area contributed by atoms with Crippen molar-refractivity contribution in [2.24, 2.45) is 17.4 Å². The van der Waals surface area contributed by atoms with Gasteiger partial charge in [-0.1, -0.05) is 28.5 Å². The van der Waals surface area contributed by atoms with Crippen LogP contribution in [0.4, 0.5) is 0 Å². The topological polar surface area (TPSA) is 87.3 Å². The van der Waals surface area contributed by atoms with E-state index in [1.165, 1.54) is 14.2 Å². The number of hydrogen-bond acceptors (Lipinski definition) is 7. The van der Waals surface area contributed by atoms with Crippen LogP contribution in [-0.4, -0.2) is 41.2 Å². The Morgan fingerprint density at radius 3 is 2.65 bits per heavy atom. The molecule has 1 aromatic carbocycles. The number of carbonyl (C=O) groups is 1. The molecule has 0 fully saturated rings. The number of esters is 1. The quantitative estimate of drug-likeness (QED) is 0.430. The van der Waals surface area contributed by atoms with Gasteiger partial charge in [0, 0.05) is 18.2 Å². The summed E-state index contributed by atoms with van der Waals surface area (Å²) in [7, 11) is 4.54. The highest BCUT2D eigenvalue weighted by molar-refractivity contribution is 6.43. The van der Waals surface area contributed by atoms with Gasteiger partial charge in [-0.15, -0.1) is 0 Å². The summed E-state index contributed by atoms with van der Waals surface area (Å²) in [5.41, 5.74) is 3.90. The minimum absolute atomic E-state index is 0.0737. The van der Waals surface area contributed by atoms with Crippen LogP contribution >= 0.6 is 0 Å². The number of rotatable bonds is 7. The van der Waals surface area contributed by atoms with Gasteiger partial charge in [0.15, 0.2) is 5.71 Å². The summed E-state index contributed by atoms with van der Waals surface area (Å²) >= 11 is 0. The Balaban J connectivity index is 2.28. The third-order valence-corrected chi connectivity index (χ3v) is 3.82. The van der Waals surface area contributed by atoms with Gasteiger partial charge < -0.3 is 19.0 Å². The molecule has 0 amide bonds. The van der Waals surface area contributed by atoms with Crippen molar-refractivity contribution in [2.75, 3.05) is 14.2 Å². The number of ether oxygens (including phenoxy) is 1. The molecule has 0 saturated carbocycles. The molecule has 0 bridgehead atoms. The van der Waals surface area contributed by atoms with Gasteiger partial charge >= 0.3 is 5.97 Å². The average Bonchev–Trinajstić information content (AvgIpc) is 3.06. The molecular formula is C18H22N4O4. The second-order valence-electron chi connectivity index (χ2n) is 5.55. The molecule has 1 aromatic heterocycles. The predicted octanol–water partition coefficient (Wildman–Crippen LogP) is 2.19. The second-order valence-corrected chi connectivity index (χ2v) is 5.55. The van der Waals surface area contributed by atoms with E-state index in [0.29, 0.717) is 11.3 Å². The zero-order chi connectivity index (χ0) is 19.1. The second kappa shape index (κ2) is 8.80. The standard InChI is InChI=1S/C18H22N4O4/c1-12-7-6-8-14(17(21-25-5)18(23)24-4)15(12)10-26-20-13(2)16-9-19-11-22(16)3/h6-9,11H,10H2,1-5H3/b20-13+,21-17+. The van der Waals surface area contributed by atoms with Crippen LogP contribution in [0.1, 0.15) is 29.3 Å². The van der Waals surface area contributed by atoms with Crippen molar-refractivity contribution in [3.05, 3.63) is 53.1 Å². The summed E-state index contributed by atoms with van der Waals surface area (Å²) in [5, 5.41) is 7.95. The lowest BCUT2D eigenvalue weighted by molar-refractivity contribution is -0.132. The average molecular weight is 358 g/mol. The Kier molecular flexibility index (Phi) is 6.48. The number of hydrogen-bond donors (Lipinski definition) is 0. The summed E-state index contributed by atoms with van der Waals surface area (Å²) in [4.78, 5) is 26.4. The van der Waals surface area contributed by atoms with Gasteiger partial charge in [0.25, 0.3) is 0 Å². The highest BCUT2D eigenvalue weighted by atomic mass is 16.6. The van der Waals surface area contributed by atoms with E-state index < -0.39 is 5.97 Å². The van der Waals surface area contributed by atoms with Crippen LogP contribution in [0.2, 0.25) is 0 Å². The van der Waals surface area contributed by atoms with E-state index in [1.54, 1.807) is 18.6 Å². The Labute approximate surface area is 152 Å². The van der Waals surface area contributed by atoms with Crippen LogP contribution in [0.25, 0.3) is 0 Å². The van der Waals surface area contributed by atoms with Crippen LogP contribution in [0.5, 0.6) is 0 Å². The minimum Gasteiger partial charge on any atom is -0.464 e. The number of imidazole rings is 1. The number of aryl methyl sites for hydroxylation is 2. The lowest BCUT2D eigenvalue weighted by Crippen LogP contribution is -2.20. The van der Waals surface area contributed by atoms with Gasteiger partial charge in [0.2, 0.25) is 0 Å².